The number of hydrogen-bond acceptors (Lipinski definition) is 2. The SMILES string of the molecule is CCOC(C(=O)Cc1c(F)ccc(Br)c1F)C(C)C. The Morgan fingerprint density at radius 1 is 1.37 bits per heavy atom. The molecule has 0 N–H and O–H groups in total. The van der Waals surface area contributed by atoms with Gasteiger partial charge < -0.3 is 4.74 Å². The number of carbonyl (C=O) groups is 1. The Kier molecular flexibility index (Phi) is 6.07. The third kappa shape index (κ3) is 4.08. The third-order valence-corrected chi connectivity index (χ3v) is 3.37. The van der Waals surface area contributed by atoms with Crippen LogP contribution in [0.2, 0.25) is 0 Å². The smallest absolute Gasteiger partial charge is 0.166 e. The van der Waals surface area contributed by atoms with Gasteiger partial charge in [-0.3, -0.25) is 4.79 Å². The van der Waals surface area contributed by atoms with Gasteiger partial charge in [0.25, 0.3) is 0 Å². The average Bonchev–Trinajstić information content (AvgIpc) is 2.35. The van der Waals surface area contributed by atoms with E-state index in [0.717, 1.165) is 6.07 Å². The van der Waals surface area contributed by atoms with E-state index in [4.69, 9.17) is 4.74 Å². The van der Waals surface area contributed by atoms with Crippen LogP contribution in [0.4, 0.5) is 8.78 Å². The van der Waals surface area contributed by atoms with Crippen LogP contribution in [0.3, 0.4) is 0 Å². The molecular formula is C14H17BrF2O2. The van der Waals surface area contributed by atoms with Crippen molar-refractivity contribution in [1.29, 1.82) is 0 Å². The van der Waals surface area contributed by atoms with Crippen LogP contribution in [0, 0.1) is 17.6 Å². The van der Waals surface area contributed by atoms with Crippen molar-refractivity contribution in [1.82, 2.24) is 0 Å². The summed E-state index contributed by atoms with van der Waals surface area (Å²) in [6.07, 6.45) is -0.942. The Hall–Kier alpha value is -0.810. The van der Waals surface area contributed by atoms with Crippen LogP contribution >= 0.6 is 15.9 Å². The normalized spacial score (nSPS) is 12.8. The Morgan fingerprint density at radius 3 is 2.53 bits per heavy atom. The molecule has 0 saturated carbocycles. The number of ketones is 1. The van der Waals surface area contributed by atoms with E-state index >= 15 is 0 Å². The zero-order valence-corrected chi connectivity index (χ0v) is 12.8. The van der Waals surface area contributed by atoms with Gasteiger partial charge in [0.2, 0.25) is 0 Å². The molecule has 106 valence electrons. The largest absolute Gasteiger partial charge is 0.370 e. The molecule has 0 spiro atoms. The summed E-state index contributed by atoms with van der Waals surface area (Å²) in [4.78, 5) is 12.1. The number of carbonyl (C=O) groups excluding carboxylic acids is 1. The van der Waals surface area contributed by atoms with Crippen LogP contribution in [0.1, 0.15) is 26.3 Å². The standard InChI is InChI=1S/C14H17BrF2O2/c1-4-19-14(8(2)3)12(18)7-9-11(16)6-5-10(15)13(9)17/h5-6,8,14H,4,7H2,1-3H3. The lowest BCUT2D eigenvalue weighted by Gasteiger charge is -2.19. The van der Waals surface area contributed by atoms with Crippen molar-refractivity contribution < 1.29 is 18.3 Å². The van der Waals surface area contributed by atoms with Gasteiger partial charge in [-0.15, -0.1) is 0 Å². The highest BCUT2D eigenvalue weighted by atomic mass is 79.9. The number of Topliss-reactive ketones (excluding diaryl/α,β-unsaturated/α-hetero) is 1. The van der Waals surface area contributed by atoms with Gasteiger partial charge >= 0.3 is 0 Å². The van der Waals surface area contributed by atoms with Crippen LogP contribution in [-0.2, 0) is 16.0 Å². The zero-order chi connectivity index (χ0) is 14.6. The van der Waals surface area contributed by atoms with Crippen molar-refractivity contribution in [3.05, 3.63) is 33.8 Å². The summed E-state index contributed by atoms with van der Waals surface area (Å²) in [5.41, 5.74) is -0.218. The lowest BCUT2D eigenvalue weighted by atomic mass is 9.97. The molecule has 1 aromatic rings. The zero-order valence-electron chi connectivity index (χ0n) is 11.2. The van der Waals surface area contributed by atoms with Gasteiger partial charge in [0.05, 0.1) is 4.47 Å². The summed E-state index contributed by atoms with van der Waals surface area (Å²) in [6, 6.07) is 2.42. The van der Waals surface area contributed by atoms with Crippen molar-refractivity contribution in [2.45, 2.75) is 33.3 Å². The fraction of sp³-hybridized carbons (Fsp3) is 0.500. The first kappa shape index (κ1) is 16.2. The van der Waals surface area contributed by atoms with E-state index in [2.05, 4.69) is 15.9 Å². The van der Waals surface area contributed by atoms with Crippen LogP contribution in [0.25, 0.3) is 0 Å². The average molecular weight is 335 g/mol. The van der Waals surface area contributed by atoms with E-state index in [1.165, 1.54) is 6.07 Å². The molecule has 19 heavy (non-hydrogen) atoms. The molecule has 0 aliphatic heterocycles. The number of rotatable bonds is 6. The molecule has 0 amide bonds. The number of hydrogen-bond donors (Lipinski definition) is 0. The van der Waals surface area contributed by atoms with Crippen molar-refractivity contribution in [2.75, 3.05) is 6.61 Å². The van der Waals surface area contributed by atoms with Gasteiger partial charge in [0.1, 0.15) is 17.7 Å². The van der Waals surface area contributed by atoms with Crippen molar-refractivity contribution in [3.63, 3.8) is 0 Å². The van der Waals surface area contributed by atoms with Crippen molar-refractivity contribution in [3.8, 4) is 0 Å². The van der Waals surface area contributed by atoms with Gasteiger partial charge in [-0.2, -0.15) is 0 Å². The summed E-state index contributed by atoms with van der Waals surface area (Å²) < 4.78 is 32.9. The maximum atomic E-state index is 13.8. The van der Waals surface area contributed by atoms with E-state index in [1.807, 2.05) is 13.8 Å². The van der Waals surface area contributed by atoms with Gasteiger partial charge in [-0.05, 0) is 40.9 Å². The van der Waals surface area contributed by atoms with Gasteiger partial charge in [-0.25, -0.2) is 8.78 Å². The Morgan fingerprint density at radius 2 is 2.00 bits per heavy atom. The summed E-state index contributed by atoms with van der Waals surface area (Å²) in [5.74, 6) is -1.79. The maximum Gasteiger partial charge on any atom is 0.166 e. The van der Waals surface area contributed by atoms with Crippen LogP contribution < -0.4 is 0 Å². The molecule has 1 rings (SSSR count). The second-order valence-corrected chi connectivity index (χ2v) is 5.44. The van der Waals surface area contributed by atoms with Gasteiger partial charge in [0, 0.05) is 18.6 Å². The fourth-order valence-corrected chi connectivity index (χ4v) is 2.21. The van der Waals surface area contributed by atoms with Gasteiger partial charge in [0.15, 0.2) is 5.78 Å². The first-order valence-electron chi connectivity index (χ1n) is 6.15. The molecule has 5 heteroatoms. The molecule has 2 nitrogen and oxygen atoms in total. The molecule has 0 aliphatic rings. The highest BCUT2D eigenvalue weighted by molar-refractivity contribution is 9.10. The minimum atomic E-state index is -0.729. The summed E-state index contributed by atoms with van der Waals surface area (Å²) in [5, 5.41) is 0. The Bertz CT molecular complexity index is 461. The Balaban J connectivity index is 2.96. The van der Waals surface area contributed by atoms with Crippen LogP contribution in [0.5, 0.6) is 0 Å². The molecule has 1 aromatic carbocycles. The lowest BCUT2D eigenvalue weighted by molar-refractivity contribution is -0.132. The minimum absolute atomic E-state index is 0.0364. The fourth-order valence-electron chi connectivity index (χ4n) is 1.84. The molecule has 0 aromatic heterocycles. The van der Waals surface area contributed by atoms with E-state index in [9.17, 15) is 13.6 Å². The maximum absolute atomic E-state index is 13.8. The first-order valence-corrected chi connectivity index (χ1v) is 6.94. The monoisotopic (exact) mass is 334 g/mol. The van der Waals surface area contributed by atoms with E-state index in [1.54, 1.807) is 6.92 Å². The Labute approximate surface area is 120 Å². The van der Waals surface area contributed by atoms with E-state index in [0.29, 0.717) is 6.61 Å². The highest BCUT2D eigenvalue weighted by Gasteiger charge is 2.25. The highest BCUT2D eigenvalue weighted by Crippen LogP contribution is 2.23. The van der Waals surface area contributed by atoms with E-state index in [-0.39, 0.29) is 28.2 Å². The molecule has 0 saturated heterocycles. The predicted octanol–water partition coefficient (Wildman–Crippen LogP) is 3.90. The summed E-state index contributed by atoms with van der Waals surface area (Å²) in [7, 11) is 0. The second-order valence-electron chi connectivity index (χ2n) is 4.58. The van der Waals surface area contributed by atoms with Crippen molar-refractivity contribution >= 4 is 21.7 Å². The molecule has 1 unspecified atom stereocenters. The molecule has 1 atom stereocenters. The molecule has 0 bridgehead atoms. The lowest BCUT2D eigenvalue weighted by Crippen LogP contribution is -2.31. The third-order valence-electron chi connectivity index (χ3n) is 2.76. The molecule has 0 aliphatic carbocycles. The molecular weight excluding hydrogens is 318 g/mol. The topological polar surface area (TPSA) is 26.3 Å². The van der Waals surface area contributed by atoms with Gasteiger partial charge in [-0.1, -0.05) is 13.8 Å². The molecule has 0 radical (unpaired) electrons. The van der Waals surface area contributed by atoms with E-state index < -0.39 is 17.7 Å². The summed E-state index contributed by atoms with van der Waals surface area (Å²) >= 11 is 2.98. The van der Waals surface area contributed by atoms with Crippen LogP contribution in [-0.4, -0.2) is 18.5 Å². The second kappa shape index (κ2) is 7.10. The van der Waals surface area contributed by atoms with Crippen LogP contribution in [0.15, 0.2) is 16.6 Å². The number of ether oxygens (including phenoxy) is 1. The first-order chi connectivity index (χ1) is 8.88. The van der Waals surface area contributed by atoms with Crippen molar-refractivity contribution in [2.24, 2.45) is 5.92 Å². The quantitative estimate of drug-likeness (QED) is 0.737. The number of benzene rings is 1. The minimum Gasteiger partial charge on any atom is -0.370 e. The molecule has 0 fully saturated rings. The predicted molar refractivity (Wildman–Crippen MR) is 73.0 cm³/mol. The number of halogens is 3. The summed E-state index contributed by atoms with van der Waals surface area (Å²) in [6.45, 7) is 5.85. The molecule has 0 heterocycles.